The third-order valence-corrected chi connectivity index (χ3v) is 3.59. The molecule has 2 aromatic heterocycles. The molecule has 3 aromatic rings. The van der Waals surface area contributed by atoms with E-state index in [1.807, 2.05) is 18.2 Å². The van der Waals surface area contributed by atoms with Crippen molar-refractivity contribution in [1.29, 1.82) is 0 Å². The van der Waals surface area contributed by atoms with Crippen molar-refractivity contribution in [2.45, 2.75) is 13.5 Å². The number of oxazole rings is 1. The van der Waals surface area contributed by atoms with E-state index in [1.165, 1.54) is 18.1 Å². The van der Waals surface area contributed by atoms with Crippen molar-refractivity contribution in [3.8, 4) is 0 Å². The van der Waals surface area contributed by atoms with E-state index in [9.17, 15) is 4.79 Å². The monoisotopic (exact) mass is 288 g/mol. The molecule has 3 rings (SSSR count). The maximum absolute atomic E-state index is 12.2. The van der Waals surface area contributed by atoms with Crippen LogP contribution < -0.4 is 0 Å². The second kappa shape index (κ2) is 5.01. The fourth-order valence-corrected chi connectivity index (χ4v) is 2.48. The maximum Gasteiger partial charge on any atom is 0.276 e. The summed E-state index contributed by atoms with van der Waals surface area (Å²) in [4.78, 5) is 17.8. The van der Waals surface area contributed by atoms with Gasteiger partial charge in [0.2, 0.25) is 0 Å². The molecular formula is C13H12N4O2S. The number of nitrogens with zero attached hydrogens (tertiary/aromatic N) is 4. The van der Waals surface area contributed by atoms with Crippen molar-refractivity contribution in [2.24, 2.45) is 0 Å². The van der Waals surface area contributed by atoms with Crippen LogP contribution in [0.15, 0.2) is 29.0 Å². The third-order valence-electron chi connectivity index (χ3n) is 3.03. The molecular weight excluding hydrogens is 276 g/mol. The summed E-state index contributed by atoms with van der Waals surface area (Å²) in [5.74, 6) is 0.369. The molecule has 0 radical (unpaired) electrons. The lowest BCUT2D eigenvalue weighted by Gasteiger charge is -2.16. The van der Waals surface area contributed by atoms with Gasteiger partial charge in [-0.05, 0) is 24.6 Å². The number of rotatable bonds is 3. The van der Waals surface area contributed by atoms with E-state index in [1.54, 1.807) is 18.9 Å². The van der Waals surface area contributed by atoms with Crippen molar-refractivity contribution in [3.63, 3.8) is 0 Å². The lowest BCUT2D eigenvalue weighted by molar-refractivity contribution is 0.0778. The second-order valence-electron chi connectivity index (χ2n) is 4.51. The van der Waals surface area contributed by atoms with E-state index >= 15 is 0 Å². The van der Waals surface area contributed by atoms with Crippen molar-refractivity contribution >= 4 is 28.7 Å². The van der Waals surface area contributed by atoms with Gasteiger partial charge in [0.15, 0.2) is 12.1 Å². The Kier molecular flexibility index (Phi) is 3.19. The Labute approximate surface area is 119 Å². The SMILES string of the molecule is Cc1ocnc1C(=O)N(C)Cc1ccc2nsnc2c1. The summed E-state index contributed by atoms with van der Waals surface area (Å²) in [7, 11) is 1.74. The molecule has 0 saturated carbocycles. The van der Waals surface area contributed by atoms with Gasteiger partial charge in [0.1, 0.15) is 16.8 Å². The summed E-state index contributed by atoms with van der Waals surface area (Å²) in [5, 5.41) is 0. The molecule has 0 saturated heterocycles. The Morgan fingerprint density at radius 2 is 2.15 bits per heavy atom. The molecule has 0 aliphatic carbocycles. The highest BCUT2D eigenvalue weighted by Crippen LogP contribution is 2.16. The molecule has 0 unspecified atom stereocenters. The first kappa shape index (κ1) is 12.7. The number of hydrogen-bond acceptors (Lipinski definition) is 6. The minimum absolute atomic E-state index is 0.159. The quantitative estimate of drug-likeness (QED) is 0.739. The Morgan fingerprint density at radius 3 is 2.90 bits per heavy atom. The average Bonchev–Trinajstić information content (AvgIpc) is 3.05. The van der Waals surface area contributed by atoms with Gasteiger partial charge in [0, 0.05) is 13.6 Å². The minimum Gasteiger partial charge on any atom is -0.448 e. The van der Waals surface area contributed by atoms with Gasteiger partial charge in [-0.25, -0.2) is 4.98 Å². The Balaban J connectivity index is 1.79. The summed E-state index contributed by atoms with van der Waals surface area (Å²) >= 11 is 1.18. The van der Waals surface area contributed by atoms with E-state index in [-0.39, 0.29) is 5.91 Å². The number of carbonyl (C=O) groups excluding carboxylic acids is 1. The van der Waals surface area contributed by atoms with Gasteiger partial charge < -0.3 is 9.32 Å². The molecule has 0 spiro atoms. The van der Waals surface area contributed by atoms with Crippen molar-refractivity contribution in [3.05, 3.63) is 41.6 Å². The summed E-state index contributed by atoms with van der Waals surface area (Å²) in [5.41, 5.74) is 3.08. The smallest absolute Gasteiger partial charge is 0.276 e. The van der Waals surface area contributed by atoms with E-state index in [0.29, 0.717) is 18.0 Å². The van der Waals surface area contributed by atoms with E-state index in [4.69, 9.17) is 4.42 Å². The highest BCUT2D eigenvalue weighted by atomic mass is 32.1. The molecule has 102 valence electrons. The van der Waals surface area contributed by atoms with Crippen LogP contribution in [0.2, 0.25) is 0 Å². The van der Waals surface area contributed by atoms with E-state index < -0.39 is 0 Å². The van der Waals surface area contributed by atoms with Crippen molar-refractivity contribution < 1.29 is 9.21 Å². The number of aromatic nitrogens is 3. The zero-order chi connectivity index (χ0) is 14.1. The molecule has 0 atom stereocenters. The van der Waals surface area contributed by atoms with Crippen LogP contribution in [-0.2, 0) is 6.54 Å². The van der Waals surface area contributed by atoms with Crippen LogP contribution >= 0.6 is 11.7 Å². The summed E-state index contributed by atoms with van der Waals surface area (Å²) < 4.78 is 13.4. The van der Waals surface area contributed by atoms with Crippen LogP contribution in [0.25, 0.3) is 11.0 Å². The van der Waals surface area contributed by atoms with Crippen LogP contribution in [0, 0.1) is 6.92 Å². The zero-order valence-electron chi connectivity index (χ0n) is 11.0. The molecule has 1 amide bonds. The topological polar surface area (TPSA) is 72.1 Å². The predicted molar refractivity (Wildman–Crippen MR) is 74.5 cm³/mol. The molecule has 1 aromatic carbocycles. The lowest BCUT2D eigenvalue weighted by Crippen LogP contribution is -2.27. The number of carbonyl (C=O) groups is 1. The summed E-state index contributed by atoms with van der Waals surface area (Å²) in [6, 6.07) is 5.80. The van der Waals surface area contributed by atoms with Crippen LogP contribution in [0.1, 0.15) is 21.8 Å². The Bertz CT molecular complexity index is 764. The zero-order valence-corrected chi connectivity index (χ0v) is 11.8. The summed E-state index contributed by atoms with van der Waals surface area (Å²) in [6.45, 7) is 2.21. The normalized spacial score (nSPS) is 10.9. The van der Waals surface area contributed by atoms with Crippen LogP contribution in [0.5, 0.6) is 0 Å². The number of aryl methyl sites for hydroxylation is 1. The van der Waals surface area contributed by atoms with Gasteiger partial charge in [0.25, 0.3) is 5.91 Å². The van der Waals surface area contributed by atoms with E-state index in [2.05, 4.69) is 13.7 Å². The predicted octanol–water partition coefficient (Wildman–Crippen LogP) is 2.26. The van der Waals surface area contributed by atoms with Gasteiger partial charge in [0.05, 0.1) is 11.7 Å². The molecule has 7 heteroatoms. The molecule has 6 nitrogen and oxygen atoms in total. The molecule has 0 fully saturated rings. The number of hydrogen-bond donors (Lipinski definition) is 0. The molecule has 0 aliphatic heterocycles. The first-order valence-corrected chi connectivity index (χ1v) is 6.75. The Hall–Kier alpha value is -2.28. The molecule has 2 heterocycles. The number of amides is 1. The largest absolute Gasteiger partial charge is 0.448 e. The van der Waals surface area contributed by atoms with Crippen LogP contribution in [0.4, 0.5) is 0 Å². The van der Waals surface area contributed by atoms with Crippen LogP contribution in [0.3, 0.4) is 0 Å². The number of benzene rings is 1. The van der Waals surface area contributed by atoms with Gasteiger partial charge in [-0.3, -0.25) is 4.79 Å². The molecule has 20 heavy (non-hydrogen) atoms. The van der Waals surface area contributed by atoms with E-state index in [0.717, 1.165) is 16.6 Å². The second-order valence-corrected chi connectivity index (χ2v) is 5.03. The minimum atomic E-state index is -0.159. The number of fused-ring (bicyclic) bond motifs is 1. The third kappa shape index (κ3) is 2.27. The maximum atomic E-state index is 12.2. The first-order valence-electron chi connectivity index (χ1n) is 6.02. The van der Waals surface area contributed by atoms with Crippen LogP contribution in [-0.4, -0.2) is 31.6 Å². The Morgan fingerprint density at radius 1 is 1.35 bits per heavy atom. The highest BCUT2D eigenvalue weighted by Gasteiger charge is 2.18. The molecule has 0 aliphatic rings. The summed E-state index contributed by atoms with van der Waals surface area (Å²) in [6.07, 6.45) is 1.28. The average molecular weight is 288 g/mol. The lowest BCUT2D eigenvalue weighted by atomic mass is 10.2. The van der Waals surface area contributed by atoms with Crippen molar-refractivity contribution in [2.75, 3.05) is 7.05 Å². The molecule has 0 bridgehead atoms. The highest BCUT2D eigenvalue weighted by molar-refractivity contribution is 7.00. The standard InChI is InChI=1S/C13H12N4O2S/c1-8-12(14-7-19-8)13(18)17(2)6-9-3-4-10-11(5-9)16-20-15-10/h3-5,7H,6H2,1-2H3. The van der Waals surface area contributed by atoms with Gasteiger partial charge in [-0.15, -0.1) is 0 Å². The van der Waals surface area contributed by atoms with Gasteiger partial charge in [-0.1, -0.05) is 6.07 Å². The fourth-order valence-electron chi connectivity index (χ4n) is 1.96. The van der Waals surface area contributed by atoms with Crippen molar-refractivity contribution in [1.82, 2.24) is 18.6 Å². The molecule has 0 N–H and O–H groups in total. The first-order chi connectivity index (χ1) is 9.65. The van der Waals surface area contributed by atoms with Gasteiger partial charge >= 0.3 is 0 Å². The fraction of sp³-hybridized carbons (Fsp3) is 0.231. The van der Waals surface area contributed by atoms with Gasteiger partial charge in [-0.2, -0.15) is 8.75 Å².